The number of hydrogen-bond acceptors (Lipinski definition) is 2. The summed E-state index contributed by atoms with van der Waals surface area (Å²) in [6.07, 6.45) is -14.8. The average Bonchev–Trinajstić information content (AvgIpc) is 2.79. The molecule has 1 atom stereocenters. The molecule has 3 aromatic rings. The summed E-state index contributed by atoms with van der Waals surface area (Å²) in [5.41, 5.74) is -5.25. The number of anilines is 2. The highest BCUT2D eigenvalue weighted by atomic mass is 19.4. The molecule has 40 heavy (non-hydrogen) atoms. The van der Waals surface area contributed by atoms with Crippen LogP contribution in [0.25, 0.3) is 11.1 Å². The Morgan fingerprint density at radius 1 is 0.675 bits per heavy atom. The van der Waals surface area contributed by atoms with Gasteiger partial charge in [-0.3, -0.25) is 4.79 Å². The van der Waals surface area contributed by atoms with Gasteiger partial charge in [0.1, 0.15) is 11.6 Å². The average molecular weight is 579 g/mol. The molecule has 0 saturated heterocycles. The summed E-state index contributed by atoms with van der Waals surface area (Å²) in [6.45, 7) is 4.89. The highest BCUT2D eigenvalue weighted by Crippen LogP contribution is 2.40. The minimum atomic E-state index is -5.11. The Morgan fingerprint density at radius 3 is 1.62 bits per heavy atom. The van der Waals surface area contributed by atoms with Gasteiger partial charge < -0.3 is 5.32 Å². The lowest BCUT2D eigenvalue weighted by atomic mass is 9.85. The van der Waals surface area contributed by atoms with E-state index in [1.54, 1.807) is 0 Å². The monoisotopic (exact) mass is 579 g/mol. The maximum Gasteiger partial charge on any atom is 0.416 e. The Kier molecular flexibility index (Phi) is 8.62. The van der Waals surface area contributed by atoms with Gasteiger partial charge in [-0.1, -0.05) is 19.9 Å². The van der Waals surface area contributed by atoms with Crippen molar-refractivity contribution in [1.29, 1.82) is 0 Å². The van der Waals surface area contributed by atoms with Crippen LogP contribution in [0.2, 0.25) is 0 Å². The topological polar surface area (TPSA) is 29.1 Å². The second-order valence-electron chi connectivity index (χ2n) is 9.78. The van der Waals surface area contributed by atoms with Gasteiger partial charge in [0.2, 0.25) is 0 Å². The molecule has 216 valence electrons. The van der Waals surface area contributed by atoms with E-state index in [0.29, 0.717) is 18.2 Å². The molecular formula is C28H23F10NO. The zero-order valence-corrected chi connectivity index (χ0v) is 21.2. The molecule has 0 amide bonds. The lowest BCUT2D eigenvalue weighted by Gasteiger charge is -2.21. The largest absolute Gasteiger partial charge is 0.416 e. The molecule has 3 rings (SSSR count). The molecule has 0 spiro atoms. The van der Waals surface area contributed by atoms with Crippen molar-refractivity contribution in [3.05, 3.63) is 82.7 Å². The predicted octanol–water partition coefficient (Wildman–Crippen LogP) is 10.0. The van der Waals surface area contributed by atoms with Gasteiger partial charge in [0.25, 0.3) is 0 Å². The van der Waals surface area contributed by atoms with Crippen LogP contribution in [0.1, 0.15) is 55.4 Å². The summed E-state index contributed by atoms with van der Waals surface area (Å²) in [5.74, 6) is -2.38. The number of carbonyl (C=O) groups is 1. The lowest BCUT2D eigenvalue weighted by molar-refractivity contribution is -0.143. The molecule has 0 aromatic heterocycles. The Hall–Kier alpha value is -3.57. The van der Waals surface area contributed by atoms with Gasteiger partial charge in [-0.2, -0.15) is 39.5 Å². The number of nitrogens with one attached hydrogen (secondary N) is 1. The van der Waals surface area contributed by atoms with E-state index in [0.717, 1.165) is 12.1 Å². The third kappa shape index (κ3) is 7.76. The van der Waals surface area contributed by atoms with E-state index < -0.39 is 52.6 Å². The van der Waals surface area contributed by atoms with Crippen LogP contribution in [0.15, 0.2) is 54.6 Å². The van der Waals surface area contributed by atoms with Crippen LogP contribution in [0.3, 0.4) is 0 Å². The molecule has 0 radical (unpaired) electrons. The molecule has 12 heteroatoms. The van der Waals surface area contributed by atoms with Gasteiger partial charge in [-0.15, -0.1) is 0 Å². The van der Waals surface area contributed by atoms with Crippen molar-refractivity contribution in [2.75, 3.05) is 5.32 Å². The first-order chi connectivity index (χ1) is 18.2. The third-order valence-electron chi connectivity index (χ3n) is 5.99. The van der Waals surface area contributed by atoms with E-state index in [9.17, 15) is 48.7 Å². The SMILES string of the molecule is CC(=O)C(CC(C)C)c1cc(Nc2cc(C(F)(F)F)cc(C(F)(F)F)c2)cc(-c2cc(F)cc(C(F)(F)F)c2)c1. The number of rotatable bonds is 7. The Bertz CT molecular complexity index is 1360. The van der Waals surface area contributed by atoms with Crippen molar-refractivity contribution < 1.29 is 48.7 Å². The van der Waals surface area contributed by atoms with E-state index in [-0.39, 0.29) is 52.6 Å². The zero-order chi connectivity index (χ0) is 30.2. The first kappa shape index (κ1) is 31.0. The maximum absolute atomic E-state index is 14.2. The van der Waals surface area contributed by atoms with Crippen molar-refractivity contribution in [1.82, 2.24) is 0 Å². The van der Waals surface area contributed by atoms with Crippen molar-refractivity contribution in [2.24, 2.45) is 5.92 Å². The van der Waals surface area contributed by atoms with Crippen LogP contribution >= 0.6 is 0 Å². The predicted molar refractivity (Wildman–Crippen MR) is 129 cm³/mol. The van der Waals surface area contributed by atoms with Crippen LogP contribution in [0.4, 0.5) is 55.3 Å². The number of benzene rings is 3. The van der Waals surface area contributed by atoms with E-state index in [1.807, 2.05) is 13.8 Å². The molecule has 1 unspecified atom stereocenters. The van der Waals surface area contributed by atoms with Gasteiger partial charge in [-0.25, -0.2) is 4.39 Å². The van der Waals surface area contributed by atoms with Crippen LogP contribution in [0.5, 0.6) is 0 Å². The quantitative estimate of drug-likeness (QED) is 0.282. The summed E-state index contributed by atoms with van der Waals surface area (Å²) in [5, 5.41) is 2.46. The fraction of sp³-hybridized carbons (Fsp3) is 0.321. The number of halogens is 10. The van der Waals surface area contributed by atoms with Gasteiger partial charge in [0, 0.05) is 17.3 Å². The molecule has 2 nitrogen and oxygen atoms in total. The normalized spacial score (nSPS) is 13.4. The Labute approximate surface area is 223 Å². The molecular weight excluding hydrogens is 556 g/mol. The number of ketones is 1. The second kappa shape index (κ2) is 11.1. The molecule has 0 aliphatic carbocycles. The molecule has 0 aliphatic rings. The van der Waals surface area contributed by atoms with Crippen LogP contribution in [0, 0.1) is 11.7 Å². The lowest BCUT2D eigenvalue weighted by Crippen LogP contribution is -2.13. The standard InChI is InChI=1S/C28H23F10NO/c1-14(2)4-25(15(3)40)18-5-16(17-6-19(26(30,31)32)11-22(29)7-17)8-23(9-18)39-24-12-20(27(33,34)35)10-21(13-24)28(36,37)38/h5-14,25,39H,4H2,1-3H3. The highest BCUT2D eigenvalue weighted by molar-refractivity contribution is 5.85. The molecule has 0 fully saturated rings. The fourth-order valence-electron chi connectivity index (χ4n) is 4.21. The highest BCUT2D eigenvalue weighted by Gasteiger charge is 2.37. The van der Waals surface area contributed by atoms with Gasteiger partial charge >= 0.3 is 18.5 Å². The van der Waals surface area contributed by atoms with E-state index in [2.05, 4.69) is 5.32 Å². The molecule has 3 aromatic carbocycles. The van der Waals surface area contributed by atoms with Crippen LogP contribution < -0.4 is 5.32 Å². The summed E-state index contributed by atoms with van der Waals surface area (Å²) in [6, 6.07) is 6.40. The summed E-state index contributed by atoms with van der Waals surface area (Å²) in [7, 11) is 0. The third-order valence-corrected chi connectivity index (χ3v) is 5.99. The van der Waals surface area contributed by atoms with Crippen molar-refractivity contribution in [3.8, 4) is 11.1 Å². The van der Waals surface area contributed by atoms with E-state index in [1.165, 1.54) is 19.1 Å². The maximum atomic E-state index is 14.2. The number of carbonyl (C=O) groups excluding carboxylic acids is 1. The molecule has 0 aliphatic heterocycles. The van der Waals surface area contributed by atoms with Crippen LogP contribution in [-0.4, -0.2) is 5.78 Å². The summed E-state index contributed by atoms with van der Waals surface area (Å²) < 4.78 is 134. The van der Waals surface area contributed by atoms with Gasteiger partial charge in [-0.05, 0) is 84.5 Å². The van der Waals surface area contributed by atoms with Crippen molar-refractivity contribution in [3.63, 3.8) is 0 Å². The molecule has 0 bridgehead atoms. The summed E-state index contributed by atoms with van der Waals surface area (Å²) >= 11 is 0. The van der Waals surface area contributed by atoms with E-state index in [4.69, 9.17) is 0 Å². The van der Waals surface area contributed by atoms with E-state index >= 15 is 0 Å². The van der Waals surface area contributed by atoms with Gasteiger partial charge in [0.05, 0.1) is 16.7 Å². The zero-order valence-electron chi connectivity index (χ0n) is 21.2. The van der Waals surface area contributed by atoms with Crippen molar-refractivity contribution >= 4 is 17.2 Å². The number of hydrogen-bond donors (Lipinski definition) is 1. The number of Topliss-reactive ketones (excluding diaryl/α,β-unsaturated/α-hetero) is 1. The molecule has 0 saturated carbocycles. The summed E-state index contributed by atoms with van der Waals surface area (Å²) in [4.78, 5) is 12.5. The van der Waals surface area contributed by atoms with Crippen molar-refractivity contribution in [2.45, 2.75) is 51.6 Å². The Morgan fingerprint density at radius 2 is 1.15 bits per heavy atom. The minimum Gasteiger partial charge on any atom is -0.355 e. The van der Waals surface area contributed by atoms with Crippen LogP contribution in [-0.2, 0) is 23.3 Å². The molecule has 0 heterocycles. The second-order valence-corrected chi connectivity index (χ2v) is 9.78. The first-order valence-corrected chi connectivity index (χ1v) is 11.8. The minimum absolute atomic E-state index is 0.0298. The first-order valence-electron chi connectivity index (χ1n) is 11.8. The Balaban J connectivity index is 2.24. The smallest absolute Gasteiger partial charge is 0.355 e. The number of alkyl halides is 9. The van der Waals surface area contributed by atoms with Gasteiger partial charge in [0.15, 0.2) is 0 Å². The fourth-order valence-corrected chi connectivity index (χ4v) is 4.21. The molecule has 1 N–H and O–H groups in total.